The van der Waals surface area contributed by atoms with E-state index in [1.54, 1.807) is 0 Å². The van der Waals surface area contributed by atoms with Gasteiger partial charge in [-0.15, -0.1) is 0 Å². The van der Waals surface area contributed by atoms with Crippen LogP contribution in [0.4, 0.5) is 5.82 Å². The number of rotatable bonds is 8. The Kier molecular flexibility index (Phi) is 7.72. The fourth-order valence-corrected chi connectivity index (χ4v) is 3.10. The molecule has 114 valence electrons. The van der Waals surface area contributed by atoms with Crippen LogP contribution in [0.1, 0.15) is 71.0 Å². The highest BCUT2D eigenvalue weighted by atomic mass is 127. The molecule has 20 heavy (non-hydrogen) atoms. The first-order valence-electron chi connectivity index (χ1n) is 7.47. The molecule has 1 unspecified atom stereocenters. The Labute approximate surface area is 136 Å². The largest absolute Gasteiger partial charge is 0.371 e. The summed E-state index contributed by atoms with van der Waals surface area (Å²) in [6.45, 7) is 12.1. The molecule has 0 spiro atoms. The van der Waals surface area contributed by atoms with Gasteiger partial charge in [-0.1, -0.05) is 27.2 Å². The maximum Gasteiger partial charge on any atom is 0.159 e. The summed E-state index contributed by atoms with van der Waals surface area (Å²) in [7, 11) is 0. The van der Waals surface area contributed by atoms with Gasteiger partial charge in [-0.05, 0) is 48.8 Å². The molecule has 1 atom stereocenters. The monoisotopic (exact) mass is 391 g/mol. The molecule has 1 heterocycles. The van der Waals surface area contributed by atoms with Gasteiger partial charge in [0.25, 0.3) is 0 Å². The quantitative estimate of drug-likeness (QED) is 0.663. The van der Waals surface area contributed by atoms with Gasteiger partial charge in [-0.25, -0.2) is 9.97 Å². The van der Waals surface area contributed by atoms with Gasteiger partial charge in [0, 0.05) is 13.2 Å². The van der Waals surface area contributed by atoms with Crippen LogP contribution < -0.4 is 5.32 Å². The summed E-state index contributed by atoms with van der Waals surface area (Å²) in [5.74, 6) is 2.13. The van der Waals surface area contributed by atoms with E-state index < -0.39 is 0 Å². The van der Waals surface area contributed by atoms with E-state index in [0.717, 1.165) is 40.3 Å². The lowest BCUT2D eigenvalue weighted by molar-refractivity contribution is 0.0492. The first-order chi connectivity index (χ1) is 9.54. The highest BCUT2D eigenvalue weighted by Crippen LogP contribution is 2.29. The minimum absolute atomic E-state index is 0.00286. The molecule has 0 fully saturated rings. The second-order valence-electron chi connectivity index (χ2n) is 5.05. The molecule has 0 aliphatic heterocycles. The van der Waals surface area contributed by atoms with Crippen LogP contribution in [0.2, 0.25) is 0 Å². The molecular formula is C15H26IN3O. The average Bonchev–Trinajstić information content (AvgIpc) is 2.40. The zero-order valence-electron chi connectivity index (χ0n) is 13.2. The van der Waals surface area contributed by atoms with Crippen molar-refractivity contribution in [2.24, 2.45) is 0 Å². The Bertz CT molecular complexity index is 418. The smallest absolute Gasteiger partial charge is 0.159 e. The number of hydrogen-bond acceptors (Lipinski definition) is 4. The van der Waals surface area contributed by atoms with Crippen molar-refractivity contribution < 1.29 is 4.74 Å². The molecule has 0 saturated carbocycles. The third-order valence-corrected chi connectivity index (χ3v) is 4.06. The highest BCUT2D eigenvalue weighted by Gasteiger charge is 2.20. The van der Waals surface area contributed by atoms with Gasteiger partial charge in [0.15, 0.2) is 5.82 Å². The molecule has 0 aliphatic rings. The lowest BCUT2D eigenvalue weighted by Crippen LogP contribution is -2.15. The lowest BCUT2D eigenvalue weighted by atomic mass is 10.1. The van der Waals surface area contributed by atoms with Crippen molar-refractivity contribution >= 4 is 28.4 Å². The van der Waals surface area contributed by atoms with Crippen molar-refractivity contribution in [2.75, 3.05) is 18.5 Å². The summed E-state index contributed by atoms with van der Waals surface area (Å²) in [6, 6.07) is 0. The number of nitrogens with zero attached hydrogens (tertiary/aromatic N) is 2. The van der Waals surface area contributed by atoms with Crippen molar-refractivity contribution in [3.8, 4) is 0 Å². The van der Waals surface area contributed by atoms with Gasteiger partial charge in [-0.2, -0.15) is 0 Å². The standard InChI is InChI=1S/C15H26IN3O/c1-6-9-11(20-8-3)14-18-13(10(4)5)12(16)15(19-14)17-7-2/h10-11H,6-9H2,1-5H3,(H,17,18,19). The van der Waals surface area contributed by atoms with Crippen LogP contribution in [0.15, 0.2) is 0 Å². The molecule has 0 radical (unpaired) electrons. The van der Waals surface area contributed by atoms with Crippen molar-refractivity contribution in [3.63, 3.8) is 0 Å². The number of anilines is 1. The van der Waals surface area contributed by atoms with E-state index in [-0.39, 0.29) is 6.10 Å². The van der Waals surface area contributed by atoms with E-state index >= 15 is 0 Å². The number of ether oxygens (including phenoxy) is 1. The van der Waals surface area contributed by atoms with Crippen molar-refractivity contribution in [1.29, 1.82) is 0 Å². The molecule has 0 bridgehead atoms. The van der Waals surface area contributed by atoms with E-state index in [4.69, 9.17) is 9.72 Å². The van der Waals surface area contributed by atoms with Crippen LogP contribution in [-0.2, 0) is 4.74 Å². The topological polar surface area (TPSA) is 47.0 Å². The molecule has 5 heteroatoms. The Morgan fingerprint density at radius 3 is 2.40 bits per heavy atom. The summed E-state index contributed by atoms with van der Waals surface area (Å²) in [5, 5.41) is 3.34. The average molecular weight is 391 g/mol. The van der Waals surface area contributed by atoms with Crippen molar-refractivity contribution in [2.45, 2.75) is 59.5 Å². The van der Waals surface area contributed by atoms with E-state index in [2.05, 4.69) is 60.6 Å². The zero-order chi connectivity index (χ0) is 15.1. The first-order valence-corrected chi connectivity index (χ1v) is 8.55. The lowest BCUT2D eigenvalue weighted by Gasteiger charge is -2.19. The van der Waals surface area contributed by atoms with Crippen LogP contribution in [0, 0.1) is 3.57 Å². The fourth-order valence-electron chi connectivity index (χ4n) is 2.04. The maximum atomic E-state index is 5.82. The number of halogens is 1. The Morgan fingerprint density at radius 2 is 1.90 bits per heavy atom. The van der Waals surface area contributed by atoms with Crippen LogP contribution >= 0.6 is 22.6 Å². The van der Waals surface area contributed by atoms with Crippen LogP contribution in [0.25, 0.3) is 0 Å². The zero-order valence-corrected chi connectivity index (χ0v) is 15.3. The normalized spacial score (nSPS) is 12.8. The first kappa shape index (κ1) is 17.6. The summed E-state index contributed by atoms with van der Waals surface area (Å²) in [4.78, 5) is 9.46. The molecule has 1 aromatic rings. The summed E-state index contributed by atoms with van der Waals surface area (Å²) in [5.41, 5.74) is 1.10. The van der Waals surface area contributed by atoms with E-state index in [1.807, 2.05) is 6.92 Å². The van der Waals surface area contributed by atoms with Gasteiger partial charge >= 0.3 is 0 Å². The van der Waals surface area contributed by atoms with Gasteiger partial charge in [0.2, 0.25) is 0 Å². The summed E-state index contributed by atoms with van der Waals surface area (Å²) in [6.07, 6.45) is 2.02. The SMILES string of the molecule is CCCC(OCC)c1nc(NCC)c(I)c(C(C)C)n1. The molecule has 1 aromatic heterocycles. The molecule has 4 nitrogen and oxygen atoms in total. The third-order valence-electron chi connectivity index (χ3n) is 2.99. The highest BCUT2D eigenvalue weighted by molar-refractivity contribution is 14.1. The summed E-state index contributed by atoms with van der Waals surface area (Å²) >= 11 is 2.33. The van der Waals surface area contributed by atoms with Crippen LogP contribution in [-0.4, -0.2) is 23.1 Å². The van der Waals surface area contributed by atoms with E-state index in [0.29, 0.717) is 12.5 Å². The van der Waals surface area contributed by atoms with Crippen LogP contribution in [0.3, 0.4) is 0 Å². The maximum absolute atomic E-state index is 5.82. The minimum Gasteiger partial charge on any atom is -0.371 e. The predicted molar refractivity (Wildman–Crippen MR) is 92.3 cm³/mol. The number of hydrogen-bond donors (Lipinski definition) is 1. The van der Waals surface area contributed by atoms with Gasteiger partial charge in [-0.3, -0.25) is 0 Å². The molecular weight excluding hydrogens is 365 g/mol. The molecule has 1 rings (SSSR count). The van der Waals surface area contributed by atoms with Crippen molar-refractivity contribution in [1.82, 2.24) is 9.97 Å². The molecule has 0 aliphatic carbocycles. The van der Waals surface area contributed by atoms with Crippen molar-refractivity contribution in [3.05, 3.63) is 15.1 Å². The number of aromatic nitrogens is 2. The molecule has 0 aromatic carbocycles. The Morgan fingerprint density at radius 1 is 1.20 bits per heavy atom. The number of nitrogens with one attached hydrogen (secondary N) is 1. The molecule has 0 amide bonds. The molecule has 1 N–H and O–H groups in total. The van der Waals surface area contributed by atoms with Crippen LogP contribution in [0.5, 0.6) is 0 Å². The van der Waals surface area contributed by atoms with E-state index in [1.165, 1.54) is 0 Å². The summed E-state index contributed by atoms with van der Waals surface area (Å²) < 4.78 is 6.94. The van der Waals surface area contributed by atoms with E-state index in [9.17, 15) is 0 Å². The second kappa shape index (κ2) is 8.77. The molecule has 0 saturated heterocycles. The third kappa shape index (κ3) is 4.55. The minimum atomic E-state index is -0.00286. The Hall–Kier alpha value is -0.430. The van der Waals surface area contributed by atoms with Gasteiger partial charge < -0.3 is 10.1 Å². The Balaban J connectivity index is 3.23. The van der Waals surface area contributed by atoms with Gasteiger partial charge in [0.05, 0.1) is 9.26 Å². The second-order valence-corrected chi connectivity index (χ2v) is 6.13. The predicted octanol–water partition coefficient (Wildman–Crippen LogP) is 4.51. The van der Waals surface area contributed by atoms with Gasteiger partial charge in [0.1, 0.15) is 11.9 Å². The fraction of sp³-hybridized carbons (Fsp3) is 0.733.